The number of carbonyl (C=O) groups excluding carboxylic acids is 1. The van der Waals surface area contributed by atoms with E-state index in [2.05, 4.69) is 5.32 Å². The lowest BCUT2D eigenvalue weighted by Gasteiger charge is -2.15. The molecule has 0 saturated carbocycles. The SMILES string of the molecule is Cc1cc(C(=O)NC(C)c2ccc(F)c(F)c2)ccc1F. The van der Waals surface area contributed by atoms with Gasteiger partial charge in [-0.3, -0.25) is 4.79 Å². The van der Waals surface area contributed by atoms with Crippen LogP contribution in [-0.2, 0) is 0 Å². The van der Waals surface area contributed by atoms with Crippen LogP contribution >= 0.6 is 0 Å². The van der Waals surface area contributed by atoms with Crippen molar-refractivity contribution in [3.05, 3.63) is 70.5 Å². The Labute approximate surface area is 120 Å². The lowest BCUT2D eigenvalue weighted by atomic mass is 10.1. The molecule has 2 aromatic rings. The van der Waals surface area contributed by atoms with Crippen molar-refractivity contribution in [2.75, 3.05) is 0 Å². The summed E-state index contributed by atoms with van der Waals surface area (Å²) in [6.07, 6.45) is 0. The van der Waals surface area contributed by atoms with Crippen molar-refractivity contribution in [1.29, 1.82) is 0 Å². The second-order valence-electron chi connectivity index (χ2n) is 4.83. The second kappa shape index (κ2) is 5.99. The van der Waals surface area contributed by atoms with Gasteiger partial charge in [0, 0.05) is 5.56 Å². The zero-order valence-corrected chi connectivity index (χ0v) is 11.6. The molecule has 1 amide bonds. The highest BCUT2D eigenvalue weighted by atomic mass is 19.2. The van der Waals surface area contributed by atoms with Gasteiger partial charge in [-0.2, -0.15) is 0 Å². The lowest BCUT2D eigenvalue weighted by Crippen LogP contribution is -2.26. The highest BCUT2D eigenvalue weighted by Crippen LogP contribution is 2.17. The topological polar surface area (TPSA) is 29.1 Å². The summed E-state index contributed by atoms with van der Waals surface area (Å²) in [5.74, 6) is -2.70. The summed E-state index contributed by atoms with van der Waals surface area (Å²) in [5.41, 5.74) is 1.12. The monoisotopic (exact) mass is 293 g/mol. The molecule has 0 heterocycles. The van der Waals surface area contributed by atoms with Crippen molar-refractivity contribution in [3.8, 4) is 0 Å². The molecule has 0 spiro atoms. The summed E-state index contributed by atoms with van der Waals surface area (Å²) in [6.45, 7) is 3.21. The maximum absolute atomic E-state index is 13.2. The minimum absolute atomic E-state index is 0.309. The molecule has 110 valence electrons. The van der Waals surface area contributed by atoms with Crippen LogP contribution in [0.2, 0.25) is 0 Å². The smallest absolute Gasteiger partial charge is 0.251 e. The van der Waals surface area contributed by atoms with Crippen molar-refractivity contribution in [1.82, 2.24) is 5.32 Å². The molecule has 0 radical (unpaired) electrons. The highest BCUT2D eigenvalue weighted by molar-refractivity contribution is 5.94. The van der Waals surface area contributed by atoms with Crippen LogP contribution in [0.1, 0.15) is 34.5 Å². The Morgan fingerprint density at radius 1 is 1.00 bits per heavy atom. The van der Waals surface area contributed by atoms with Gasteiger partial charge in [-0.1, -0.05) is 6.07 Å². The Morgan fingerprint density at radius 3 is 2.29 bits per heavy atom. The minimum Gasteiger partial charge on any atom is -0.346 e. The Bertz CT molecular complexity index is 685. The molecular weight excluding hydrogens is 279 g/mol. The third-order valence-electron chi connectivity index (χ3n) is 3.21. The van der Waals surface area contributed by atoms with E-state index in [-0.39, 0.29) is 5.82 Å². The van der Waals surface area contributed by atoms with Crippen molar-refractivity contribution < 1.29 is 18.0 Å². The summed E-state index contributed by atoms with van der Waals surface area (Å²) in [6, 6.07) is 6.97. The predicted molar refractivity (Wildman–Crippen MR) is 73.4 cm³/mol. The van der Waals surface area contributed by atoms with E-state index in [1.54, 1.807) is 13.8 Å². The molecule has 1 unspecified atom stereocenters. The van der Waals surface area contributed by atoms with Gasteiger partial charge >= 0.3 is 0 Å². The van der Waals surface area contributed by atoms with Gasteiger partial charge in [-0.15, -0.1) is 0 Å². The maximum atomic E-state index is 13.2. The van der Waals surface area contributed by atoms with Crippen LogP contribution in [0.3, 0.4) is 0 Å². The summed E-state index contributed by atoms with van der Waals surface area (Å²) in [7, 11) is 0. The van der Waals surface area contributed by atoms with Crippen LogP contribution in [0.25, 0.3) is 0 Å². The molecule has 1 atom stereocenters. The molecule has 1 N–H and O–H groups in total. The highest BCUT2D eigenvalue weighted by Gasteiger charge is 2.14. The fourth-order valence-electron chi connectivity index (χ4n) is 1.93. The number of nitrogens with one attached hydrogen (secondary N) is 1. The Kier molecular flexibility index (Phi) is 4.31. The summed E-state index contributed by atoms with van der Waals surface area (Å²) < 4.78 is 39.2. The molecule has 2 aromatic carbocycles. The van der Waals surface area contributed by atoms with Crippen LogP contribution in [0, 0.1) is 24.4 Å². The number of carbonyl (C=O) groups is 1. The molecule has 0 saturated heterocycles. The molecular formula is C16H14F3NO. The van der Waals surface area contributed by atoms with Crippen LogP contribution in [-0.4, -0.2) is 5.91 Å². The van der Waals surface area contributed by atoms with E-state index in [1.807, 2.05) is 0 Å². The number of amides is 1. The summed E-state index contributed by atoms with van der Waals surface area (Å²) in [4.78, 5) is 12.0. The second-order valence-corrected chi connectivity index (χ2v) is 4.83. The third kappa shape index (κ3) is 3.42. The first-order valence-corrected chi connectivity index (χ1v) is 6.40. The van der Waals surface area contributed by atoms with Gasteiger partial charge in [0.2, 0.25) is 0 Å². The molecule has 0 aliphatic rings. The first-order chi connectivity index (χ1) is 9.88. The van der Waals surface area contributed by atoms with Gasteiger partial charge in [-0.25, -0.2) is 13.2 Å². The van der Waals surface area contributed by atoms with Gasteiger partial charge in [0.1, 0.15) is 5.82 Å². The maximum Gasteiger partial charge on any atom is 0.251 e. The number of hydrogen-bond donors (Lipinski definition) is 1. The number of halogens is 3. The van der Waals surface area contributed by atoms with E-state index in [0.29, 0.717) is 16.7 Å². The van der Waals surface area contributed by atoms with E-state index in [9.17, 15) is 18.0 Å². The first kappa shape index (κ1) is 15.1. The summed E-state index contributed by atoms with van der Waals surface area (Å²) in [5, 5.41) is 2.66. The number of hydrogen-bond acceptors (Lipinski definition) is 1. The van der Waals surface area contributed by atoms with E-state index < -0.39 is 23.6 Å². The van der Waals surface area contributed by atoms with Crippen LogP contribution < -0.4 is 5.32 Å². The first-order valence-electron chi connectivity index (χ1n) is 6.40. The third-order valence-corrected chi connectivity index (χ3v) is 3.21. The largest absolute Gasteiger partial charge is 0.346 e. The standard InChI is InChI=1S/C16H14F3NO/c1-9-7-12(4-5-13(9)17)16(21)20-10(2)11-3-6-14(18)15(19)8-11/h3-8,10H,1-2H3,(H,20,21). The van der Waals surface area contributed by atoms with E-state index >= 15 is 0 Å². The van der Waals surface area contributed by atoms with Gasteiger partial charge in [-0.05, 0) is 55.3 Å². The Morgan fingerprint density at radius 2 is 1.67 bits per heavy atom. The summed E-state index contributed by atoms with van der Waals surface area (Å²) >= 11 is 0. The molecule has 0 aliphatic heterocycles. The zero-order valence-electron chi connectivity index (χ0n) is 11.6. The Hall–Kier alpha value is -2.30. The van der Waals surface area contributed by atoms with Crippen molar-refractivity contribution >= 4 is 5.91 Å². The number of benzene rings is 2. The quantitative estimate of drug-likeness (QED) is 0.913. The molecule has 0 bridgehead atoms. The average molecular weight is 293 g/mol. The van der Waals surface area contributed by atoms with E-state index in [4.69, 9.17) is 0 Å². The molecule has 0 fully saturated rings. The number of rotatable bonds is 3. The van der Waals surface area contributed by atoms with Gasteiger partial charge in [0.15, 0.2) is 11.6 Å². The number of aryl methyl sites for hydroxylation is 1. The molecule has 0 aliphatic carbocycles. The molecule has 5 heteroatoms. The van der Waals surface area contributed by atoms with Crippen molar-refractivity contribution in [2.45, 2.75) is 19.9 Å². The predicted octanol–water partition coefficient (Wildman–Crippen LogP) is 3.90. The fourth-order valence-corrected chi connectivity index (χ4v) is 1.93. The van der Waals surface area contributed by atoms with Crippen LogP contribution in [0.4, 0.5) is 13.2 Å². The van der Waals surface area contributed by atoms with Gasteiger partial charge < -0.3 is 5.32 Å². The lowest BCUT2D eigenvalue weighted by molar-refractivity contribution is 0.0939. The molecule has 2 nitrogen and oxygen atoms in total. The zero-order chi connectivity index (χ0) is 15.6. The minimum atomic E-state index is -0.966. The fraction of sp³-hybridized carbons (Fsp3) is 0.188. The Balaban J connectivity index is 2.14. The van der Waals surface area contributed by atoms with Crippen molar-refractivity contribution in [2.24, 2.45) is 0 Å². The molecule has 2 rings (SSSR count). The van der Waals surface area contributed by atoms with Crippen LogP contribution in [0.15, 0.2) is 36.4 Å². The molecule has 21 heavy (non-hydrogen) atoms. The normalized spacial score (nSPS) is 12.0. The van der Waals surface area contributed by atoms with Crippen molar-refractivity contribution in [3.63, 3.8) is 0 Å². The van der Waals surface area contributed by atoms with Crippen LogP contribution in [0.5, 0.6) is 0 Å². The van der Waals surface area contributed by atoms with Gasteiger partial charge in [0.05, 0.1) is 6.04 Å². The van der Waals surface area contributed by atoms with E-state index in [1.165, 1.54) is 24.3 Å². The average Bonchev–Trinajstić information content (AvgIpc) is 2.44. The van der Waals surface area contributed by atoms with Gasteiger partial charge in [0.25, 0.3) is 5.91 Å². The molecule has 0 aromatic heterocycles. The van der Waals surface area contributed by atoms with E-state index in [0.717, 1.165) is 12.1 Å².